The number of halogens is 1. The minimum atomic E-state index is 0.515. The van der Waals surface area contributed by atoms with Gasteiger partial charge in [-0.15, -0.1) is 0 Å². The monoisotopic (exact) mass is 176 g/mol. The number of rotatable bonds is 6. The van der Waals surface area contributed by atoms with E-state index in [1.165, 1.54) is 0 Å². The van der Waals surface area contributed by atoms with Crippen LogP contribution < -0.4 is 11.5 Å². The zero-order chi connectivity index (χ0) is 8.53. The van der Waals surface area contributed by atoms with Crippen LogP contribution in [0, 0.1) is 5.92 Å². The van der Waals surface area contributed by atoms with Gasteiger partial charge >= 0.3 is 0 Å². The van der Waals surface area contributed by atoms with Crippen molar-refractivity contribution in [3.63, 3.8) is 0 Å². The maximum Gasteiger partial charge on any atom is 0.000526 e. The van der Waals surface area contributed by atoms with Gasteiger partial charge in [0, 0.05) is 5.54 Å². The standard InChI is InChI=1S/C8H17ClN2/c9-5-3-8(4-7-11)2-1-6-10/h3,5,8H,1-2,4,6-7,10-11H2/b5-3+. The molecule has 0 saturated carbocycles. The molecule has 66 valence electrons. The lowest BCUT2D eigenvalue weighted by Gasteiger charge is -2.09. The molecule has 0 rings (SSSR count). The fraction of sp³-hybridized carbons (Fsp3) is 0.750. The van der Waals surface area contributed by atoms with E-state index < -0.39 is 0 Å². The van der Waals surface area contributed by atoms with E-state index in [4.69, 9.17) is 23.1 Å². The molecule has 0 aromatic rings. The van der Waals surface area contributed by atoms with Crippen molar-refractivity contribution in [3.05, 3.63) is 11.6 Å². The molecule has 0 aromatic carbocycles. The molecule has 2 nitrogen and oxygen atoms in total. The quantitative estimate of drug-likeness (QED) is 0.644. The molecule has 1 atom stereocenters. The van der Waals surface area contributed by atoms with Crippen molar-refractivity contribution in [1.29, 1.82) is 0 Å². The number of nitrogens with two attached hydrogens (primary N) is 2. The Hall–Kier alpha value is -0.0500. The summed E-state index contributed by atoms with van der Waals surface area (Å²) in [4.78, 5) is 0. The third-order valence-electron chi connectivity index (χ3n) is 1.66. The SMILES string of the molecule is NCCCC(/C=C/Cl)CCN. The predicted octanol–water partition coefficient (Wildman–Crippen LogP) is 1.44. The maximum atomic E-state index is 5.46. The molecule has 0 aromatic heterocycles. The molecule has 0 fully saturated rings. The lowest BCUT2D eigenvalue weighted by Crippen LogP contribution is -2.09. The van der Waals surface area contributed by atoms with Gasteiger partial charge in [-0.25, -0.2) is 0 Å². The van der Waals surface area contributed by atoms with Crippen molar-refractivity contribution in [2.45, 2.75) is 19.3 Å². The molecule has 0 radical (unpaired) electrons. The van der Waals surface area contributed by atoms with Gasteiger partial charge < -0.3 is 11.5 Å². The van der Waals surface area contributed by atoms with E-state index >= 15 is 0 Å². The topological polar surface area (TPSA) is 52.0 Å². The van der Waals surface area contributed by atoms with Crippen molar-refractivity contribution in [3.8, 4) is 0 Å². The van der Waals surface area contributed by atoms with Gasteiger partial charge in [0.15, 0.2) is 0 Å². The van der Waals surface area contributed by atoms with Gasteiger partial charge in [-0.05, 0) is 38.3 Å². The average molecular weight is 177 g/mol. The number of hydrogen-bond acceptors (Lipinski definition) is 2. The lowest BCUT2D eigenvalue weighted by molar-refractivity contribution is 0.534. The van der Waals surface area contributed by atoms with E-state index in [9.17, 15) is 0 Å². The van der Waals surface area contributed by atoms with Crippen LogP contribution >= 0.6 is 11.6 Å². The third-order valence-corrected chi connectivity index (χ3v) is 1.81. The van der Waals surface area contributed by atoms with E-state index in [1.807, 2.05) is 6.08 Å². The Morgan fingerprint density at radius 3 is 2.36 bits per heavy atom. The number of allylic oxidation sites excluding steroid dienone is 1. The summed E-state index contributed by atoms with van der Waals surface area (Å²) in [6.07, 6.45) is 5.14. The Morgan fingerprint density at radius 1 is 1.18 bits per heavy atom. The Kier molecular flexibility index (Phi) is 8.01. The molecule has 0 aliphatic carbocycles. The van der Waals surface area contributed by atoms with Gasteiger partial charge in [-0.1, -0.05) is 17.7 Å². The van der Waals surface area contributed by atoms with Crippen molar-refractivity contribution < 1.29 is 0 Å². The van der Waals surface area contributed by atoms with Crippen LogP contribution in [0.4, 0.5) is 0 Å². The van der Waals surface area contributed by atoms with E-state index in [-0.39, 0.29) is 0 Å². The van der Waals surface area contributed by atoms with Crippen LogP contribution in [0.3, 0.4) is 0 Å². The van der Waals surface area contributed by atoms with E-state index in [0.29, 0.717) is 5.92 Å². The van der Waals surface area contributed by atoms with E-state index in [0.717, 1.165) is 32.4 Å². The van der Waals surface area contributed by atoms with Crippen molar-refractivity contribution in [2.24, 2.45) is 17.4 Å². The second-order valence-electron chi connectivity index (χ2n) is 2.59. The molecular weight excluding hydrogens is 160 g/mol. The van der Waals surface area contributed by atoms with Crippen LogP contribution in [-0.2, 0) is 0 Å². The molecule has 3 heteroatoms. The van der Waals surface area contributed by atoms with Crippen LogP contribution in [0.1, 0.15) is 19.3 Å². The highest BCUT2D eigenvalue weighted by atomic mass is 35.5. The van der Waals surface area contributed by atoms with Crippen molar-refractivity contribution in [2.75, 3.05) is 13.1 Å². The lowest BCUT2D eigenvalue weighted by atomic mass is 10.00. The summed E-state index contributed by atoms with van der Waals surface area (Å²) in [5, 5.41) is 0. The molecule has 0 bridgehead atoms. The summed E-state index contributed by atoms with van der Waals surface area (Å²) in [5.41, 5.74) is 12.4. The molecule has 0 saturated heterocycles. The van der Waals surface area contributed by atoms with Gasteiger partial charge in [0.2, 0.25) is 0 Å². The van der Waals surface area contributed by atoms with Gasteiger partial charge in [-0.3, -0.25) is 0 Å². The molecule has 11 heavy (non-hydrogen) atoms. The summed E-state index contributed by atoms with van der Waals surface area (Å²) < 4.78 is 0. The summed E-state index contributed by atoms with van der Waals surface area (Å²) in [5.74, 6) is 0.515. The molecule has 0 spiro atoms. The molecule has 0 amide bonds. The molecule has 0 aliphatic rings. The van der Waals surface area contributed by atoms with Gasteiger partial charge in [-0.2, -0.15) is 0 Å². The summed E-state index contributed by atoms with van der Waals surface area (Å²) in [6.45, 7) is 1.47. The highest BCUT2D eigenvalue weighted by molar-refractivity contribution is 6.25. The fourth-order valence-electron chi connectivity index (χ4n) is 1.03. The van der Waals surface area contributed by atoms with E-state index in [2.05, 4.69) is 0 Å². The highest BCUT2D eigenvalue weighted by Crippen LogP contribution is 2.11. The average Bonchev–Trinajstić information content (AvgIpc) is 2.01. The first-order valence-corrected chi connectivity index (χ1v) is 4.45. The van der Waals surface area contributed by atoms with Gasteiger partial charge in [0.05, 0.1) is 0 Å². The van der Waals surface area contributed by atoms with Crippen LogP contribution in [0.25, 0.3) is 0 Å². The summed E-state index contributed by atoms with van der Waals surface area (Å²) in [6, 6.07) is 0. The fourth-order valence-corrected chi connectivity index (χ4v) is 1.24. The van der Waals surface area contributed by atoms with Crippen molar-refractivity contribution in [1.82, 2.24) is 0 Å². The molecule has 0 aliphatic heterocycles. The van der Waals surface area contributed by atoms with Crippen LogP contribution in [0.5, 0.6) is 0 Å². The highest BCUT2D eigenvalue weighted by Gasteiger charge is 2.01. The smallest absolute Gasteiger partial charge is 0.000526 e. The normalized spacial score (nSPS) is 14.1. The molecule has 1 unspecified atom stereocenters. The maximum absolute atomic E-state index is 5.46. The molecule has 0 heterocycles. The van der Waals surface area contributed by atoms with E-state index in [1.54, 1.807) is 5.54 Å². The van der Waals surface area contributed by atoms with Crippen molar-refractivity contribution >= 4 is 11.6 Å². The Bertz CT molecular complexity index is 104. The zero-order valence-corrected chi connectivity index (χ0v) is 7.56. The Balaban J connectivity index is 3.51. The van der Waals surface area contributed by atoms with Crippen LogP contribution in [-0.4, -0.2) is 13.1 Å². The predicted molar refractivity (Wildman–Crippen MR) is 50.4 cm³/mol. The molecular formula is C8H17ClN2. The third kappa shape index (κ3) is 6.35. The Morgan fingerprint density at radius 2 is 1.91 bits per heavy atom. The Labute approximate surface area is 73.6 Å². The summed E-state index contributed by atoms with van der Waals surface area (Å²) in [7, 11) is 0. The zero-order valence-electron chi connectivity index (χ0n) is 6.80. The minimum Gasteiger partial charge on any atom is -0.330 e. The van der Waals surface area contributed by atoms with Gasteiger partial charge in [0.25, 0.3) is 0 Å². The second-order valence-corrected chi connectivity index (χ2v) is 2.84. The second kappa shape index (κ2) is 8.05. The van der Waals surface area contributed by atoms with Crippen LogP contribution in [0.2, 0.25) is 0 Å². The minimum absolute atomic E-state index is 0.515. The first-order valence-electron chi connectivity index (χ1n) is 4.02. The summed E-state index contributed by atoms with van der Waals surface area (Å²) >= 11 is 5.46. The van der Waals surface area contributed by atoms with Gasteiger partial charge in [0.1, 0.15) is 0 Å². The number of hydrogen-bond donors (Lipinski definition) is 2. The molecule has 4 N–H and O–H groups in total. The largest absolute Gasteiger partial charge is 0.330 e. The first-order chi connectivity index (χ1) is 5.35. The first kappa shape index (κ1) is 11.0. The van der Waals surface area contributed by atoms with Crippen LogP contribution in [0.15, 0.2) is 11.6 Å².